The van der Waals surface area contributed by atoms with E-state index >= 15 is 0 Å². The number of Topliss-reactive ketones (excluding diaryl/α,β-unsaturated/α-hetero) is 1. The van der Waals surface area contributed by atoms with Crippen LogP contribution < -0.4 is 15.5 Å². The van der Waals surface area contributed by atoms with Crippen LogP contribution in [0.5, 0.6) is 5.75 Å². The molecule has 0 saturated carbocycles. The molecule has 0 spiro atoms. The van der Waals surface area contributed by atoms with E-state index in [1.54, 1.807) is 45.0 Å². The SMILES string of the molecule is COC(=O)[C@@H]1CCCN(C(=O)[C@H](Cc2cccc(OC(=O)OC(C)(C)C)c2)NC(=O)[C@@H](CC(C)=O)C(C)C)N1. The predicted octanol–water partition coefficient (Wildman–Crippen LogP) is 2.95. The van der Waals surface area contributed by atoms with Gasteiger partial charge in [-0.3, -0.25) is 19.4 Å². The number of carbonyl (C=O) groups is 5. The van der Waals surface area contributed by atoms with Crippen molar-refractivity contribution in [1.29, 1.82) is 0 Å². The van der Waals surface area contributed by atoms with Crippen LogP contribution in [0.3, 0.4) is 0 Å². The Balaban J connectivity index is 2.29. The molecule has 11 heteroatoms. The van der Waals surface area contributed by atoms with Gasteiger partial charge in [0.2, 0.25) is 5.91 Å². The smallest absolute Gasteiger partial charge is 0.468 e. The Hall–Kier alpha value is -3.47. The Morgan fingerprint density at radius 1 is 1.15 bits per heavy atom. The third kappa shape index (κ3) is 10.3. The Morgan fingerprint density at radius 3 is 2.44 bits per heavy atom. The van der Waals surface area contributed by atoms with E-state index in [-0.39, 0.29) is 30.3 Å². The number of benzene rings is 1. The molecule has 2 N–H and O–H groups in total. The van der Waals surface area contributed by atoms with E-state index < -0.39 is 47.5 Å². The molecule has 0 aromatic heterocycles. The van der Waals surface area contributed by atoms with Crippen molar-refractivity contribution in [2.75, 3.05) is 13.7 Å². The zero-order chi connectivity index (χ0) is 29.3. The van der Waals surface area contributed by atoms with Crippen molar-refractivity contribution < 1.29 is 38.2 Å². The molecule has 39 heavy (non-hydrogen) atoms. The molecular weight excluding hydrogens is 506 g/mol. The largest absolute Gasteiger partial charge is 0.514 e. The third-order valence-corrected chi connectivity index (χ3v) is 6.13. The van der Waals surface area contributed by atoms with Crippen molar-refractivity contribution >= 4 is 29.7 Å². The maximum Gasteiger partial charge on any atom is 0.514 e. The lowest BCUT2D eigenvalue weighted by atomic mass is 9.89. The minimum atomic E-state index is -1.02. The quantitative estimate of drug-likeness (QED) is 0.334. The van der Waals surface area contributed by atoms with Gasteiger partial charge in [0.05, 0.1) is 7.11 Å². The van der Waals surface area contributed by atoms with E-state index in [1.165, 1.54) is 19.0 Å². The molecule has 1 aliphatic rings. The van der Waals surface area contributed by atoms with Crippen molar-refractivity contribution in [2.24, 2.45) is 11.8 Å². The first-order valence-electron chi connectivity index (χ1n) is 13.1. The number of methoxy groups -OCH3 is 1. The van der Waals surface area contributed by atoms with Crippen LogP contribution in [-0.2, 0) is 35.1 Å². The van der Waals surface area contributed by atoms with Gasteiger partial charge in [0.1, 0.15) is 29.2 Å². The Morgan fingerprint density at radius 2 is 1.85 bits per heavy atom. The zero-order valence-electron chi connectivity index (χ0n) is 23.9. The van der Waals surface area contributed by atoms with Crippen LogP contribution in [0.2, 0.25) is 0 Å². The fraction of sp³-hybridized carbons (Fsp3) is 0.607. The number of rotatable bonds is 10. The second kappa shape index (κ2) is 14.1. The minimum Gasteiger partial charge on any atom is -0.468 e. The lowest BCUT2D eigenvalue weighted by Gasteiger charge is -2.35. The Kier molecular flexibility index (Phi) is 11.5. The Labute approximate surface area is 229 Å². The van der Waals surface area contributed by atoms with Gasteiger partial charge in [0, 0.05) is 25.3 Å². The van der Waals surface area contributed by atoms with Gasteiger partial charge in [-0.2, -0.15) is 0 Å². The Bertz CT molecular complexity index is 1050. The summed E-state index contributed by atoms with van der Waals surface area (Å²) in [5, 5.41) is 4.15. The van der Waals surface area contributed by atoms with Crippen molar-refractivity contribution in [3.05, 3.63) is 29.8 Å². The van der Waals surface area contributed by atoms with E-state index in [2.05, 4.69) is 10.7 Å². The minimum absolute atomic E-state index is 0.0516. The van der Waals surface area contributed by atoms with Crippen molar-refractivity contribution in [1.82, 2.24) is 15.8 Å². The van der Waals surface area contributed by atoms with E-state index in [4.69, 9.17) is 14.2 Å². The van der Waals surface area contributed by atoms with Crippen LogP contribution in [0.25, 0.3) is 0 Å². The van der Waals surface area contributed by atoms with Crippen LogP contribution in [0.15, 0.2) is 24.3 Å². The number of hydrogen-bond donors (Lipinski definition) is 2. The van der Waals surface area contributed by atoms with Gasteiger partial charge in [0.25, 0.3) is 5.91 Å². The molecule has 0 aliphatic carbocycles. The molecule has 216 valence electrons. The van der Waals surface area contributed by atoms with Crippen LogP contribution >= 0.6 is 0 Å². The standard InChI is InChI=1S/C28H41N3O8/c1-17(2)21(14-18(3)32)24(33)29-23(25(34)31-13-9-12-22(30-31)26(35)37-7)16-19-10-8-11-20(15-19)38-27(36)39-28(4,5)6/h8,10-11,15,17,21-23,30H,9,12-14,16H2,1-7H3,(H,29,33)/t21-,22-,23-/m0/s1. The lowest BCUT2D eigenvalue weighted by molar-refractivity contribution is -0.151. The molecule has 1 saturated heterocycles. The first kappa shape index (κ1) is 31.7. The molecule has 1 aromatic rings. The van der Waals surface area contributed by atoms with Crippen molar-refractivity contribution in [2.45, 2.75) is 84.9 Å². The molecule has 3 atom stereocenters. The molecule has 1 aromatic carbocycles. The fourth-order valence-corrected chi connectivity index (χ4v) is 4.20. The highest BCUT2D eigenvalue weighted by Crippen LogP contribution is 2.20. The molecule has 1 aliphatic heterocycles. The van der Waals surface area contributed by atoms with E-state index in [0.29, 0.717) is 24.9 Å². The summed E-state index contributed by atoms with van der Waals surface area (Å²) < 4.78 is 15.3. The number of hydrazine groups is 1. The maximum atomic E-state index is 13.7. The van der Waals surface area contributed by atoms with Gasteiger partial charge in [-0.15, -0.1) is 0 Å². The highest BCUT2D eigenvalue weighted by atomic mass is 16.7. The van der Waals surface area contributed by atoms with Crippen molar-refractivity contribution in [3.8, 4) is 5.75 Å². The maximum absolute atomic E-state index is 13.7. The fourth-order valence-electron chi connectivity index (χ4n) is 4.20. The molecule has 0 unspecified atom stereocenters. The number of nitrogens with one attached hydrogen (secondary N) is 2. The second-order valence-corrected chi connectivity index (χ2v) is 11.1. The monoisotopic (exact) mass is 547 g/mol. The summed E-state index contributed by atoms with van der Waals surface area (Å²) >= 11 is 0. The highest BCUT2D eigenvalue weighted by Gasteiger charge is 2.34. The number of nitrogens with zero attached hydrogens (tertiary/aromatic N) is 1. The van der Waals surface area contributed by atoms with Gasteiger partial charge in [-0.25, -0.2) is 10.2 Å². The van der Waals surface area contributed by atoms with Gasteiger partial charge < -0.3 is 24.3 Å². The summed E-state index contributed by atoms with van der Waals surface area (Å²) in [7, 11) is 1.28. The van der Waals surface area contributed by atoms with Gasteiger partial charge in [-0.05, 0) is 64.2 Å². The van der Waals surface area contributed by atoms with E-state index in [0.717, 1.165) is 0 Å². The molecule has 1 fully saturated rings. The normalized spacial score (nSPS) is 17.1. The van der Waals surface area contributed by atoms with Crippen LogP contribution in [0.4, 0.5) is 4.79 Å². The van der Waals surface area contributed by atoms with Crippen LogP contribution in [-0.4, -0.2) is 66.1 Å². The summed E-state index contributed by atoms with van der Waals surface area (Å²) in [5.74, 6) is -2.00. The molecular formula is C28H41N3O8. The molecule has 11 nitrogen and oxygen atoms in total. The highest BCUT2D eigenvalue weighted by molar-refractivity contribution is 5.91. The molecule has 2 rings (SSSR count). The van der Waals surface area contributed by atoms with Gasteiger partial charge in [-0.1, -0.05) is 26.0 Å². The summed E-state index contributed by atoms with van der Waals surface area (Å²) in [4.78, 5) is 62.9. The summed E-state index contributed by atoms with van der Waals surface area (Å²) in [6, 6.07) is 4.87. The summed E-state index contributed by atoms with van der Waals surface area (Å²) in [6.45, 7) is 10.6. The average Bonchev–Trinajstić information content (AvgIpc) is 2.84. The molecule has 0 bridgehead atoms. The average molecular weight is 548 g/mol. The number of ether oxygens (including phenoxy) is 3. The first-order valence-corrected chi connectivity index (χ1v) is 13.1. The lowest BCUT2D eigenvalue weighted by Crippen LogP contribution is -2.60. The summed E-state index contributed by atoms with van der Waals surface area (Å²) in [5.41, 5.74) is 2.79. The second-order valence-electron chi connectivity index (χ2n) is 11.1. The first-order chi connectivity index (χ1) is 18.2. The van der Waals surface area contributed by atoms with E-state index in [1.807, 2.05) is 13.8 Å². The number of esters is 1. The van der Waals surface area contributed by atoms with Gasteiger partial charge >= 0.3 is 12.1 Å². The molecule has 0 radical (unpaired) electrons. The van der Waals surface area contributed by atoms with E-state index in [9.17, 15) is 24.0 Å². The third-order valence-electron chi connectivity index (χ3n) is 6.13. The van der Waals surface area contributed by atoms with Crippen molar-refractivity contribution in [3.63, 3.8) is 0 Å². The van der Waals surface area contributed by atoms with Crippen LogP contribution in [0, 0.1) is 11.8 Å². The molecule has 1 heterocycles. The summed E-state index contributed by atoms with van der Waals surface area (Å²) in [6.07, 6.45) is 0.331. The number of hydrogen-bond acceptors (Lipinski definition) is 9. The molecule has 2 amide bonds. The topological polar surface area (TPSA) is 140 Å². The zero-order valence-corrected chi connectivity index (χ0v) is 23.9. The predicted molar refractivity (Wildman–Crippen MR) is 142 cm³/mol. The van der Waals surface area contributed by atoms with Crippen LogP contribution in [0.1, 0.15) is 66.4 Å². The number of ketones is 1. The number of carbonyl (C=O) groups excluding carboxylic acids is 5. The number of amides is 2. The van der Waals surface area contributed by atoms with Gasteiger partial charge in [0.15, 0.2) is 0 Å².